The van der Waals surface area contributed by atoms with Gasteiger partial charge in [0.15, 0.2) is 0 Å². The number of carbonyl (C=O) groups is 1. The van der Waals surface area contributed by atoms with Crippen LogP contribution in [0.5, 0.6) is 0 Å². The lowest BCUT2D eigenvalue weighted by Crippen LogP contribution is -2.41. The van der Waals surface area contributed by atoms with Crippen LogP contribution >= 0.6 is 0 Å². The first kappa shape index (κ1) is 19.5. The van der Waals surface area contributed by atoms with Crippen LogP contribution in [0.2, 0.25) is 0 Å². The standard InChI is InChI=1S/C16H17N7O4S/c1-27-16(24)13-6-4-8-23(13)28(25,26)14-7-3-2-5-12(14)18-10-11(9-17)15-19-21-22-20-15/h2-3,5,7,10,13,18H,4,6,8H2,1H3,(H,19,20,21,22). The topological polar surface area (TPSA) is 154 Å². The second-order valence-corrected chi connectivity index (χ2v) is 7.70. The normalized spacial score (nSPS) is 17.9. The van der Waals surface area contributed by atoms with Gasteiger partial charge in [-0.3, -0.25) is 4.79 Å². The number of nitriles is 1. The Kier molecular flexibility index (Phi) is 5.67. The number of hydrogen-bond donors (Lipinski definition) is 2. The molecule has 1 aliphatic heterocycles. The number of nitrogens with one attached hydrogen (secondary N) is 2. The predicted molar refractivity (Wildman–Crippen MR) is 96.8 cm³/mol. The van der Waals surface area contributed by atoms with Gasteiger partial charge in [0.25, 0.3) is 0 Å². The van der Waals surface area contributed by atoms with E-state index in [9.17, 15) is 18.5 Å². The van der Waals surface area contributed by atoms with Crippen LogP contribution in [0.15, 0.2) is 35.4 Å². The number of anilines is 1. The maximum Gasteiger partial charge on any atom is 0.324 e. The smallest absolute Gasteiger partial charge is 0.324 e. The molecule has 28 heavy (non-hydrogen) atoms. The fraction of sp³-hybridized carbons (Fsp3) is 0.312. The number of esters is 1. The molecule has 2 aromatic rings. The molecule has 146 valence electrons. The van der Waals surface area contributed by atoms with Gasteiger partial charge in [0, 0.05) is 12.7 Å². The van der Waals surface area contributed by atoms with Crippen molar-refractivity contribution in [3.63, 3.8) is 0 Å². The number of para-hydroxylation sites is 1. The summed E-state index contributed by atoms with van der Waals surface area (Å²) in [4.78, 5) is 11.9. The molecule has 1 saturated heterocycles. The molecule has 0 bridgehead atoms. The molecule has 11 nitrogen and oxygen atoms in total. The fourth-order valence-electron chi connectivity index (χ4n) is 2.91. The Balaban J connectivity index is 1.94. The Morgan fingerprint density at radius 3 is 2.93 bits per heavy atom. The predicted octanol–water partition coefficient (Wildman–Crippen LogP) is 0.502. The van der Waals surface area contributed by atoms with E-state index in [0.717, 1.165) is 4.31 Å². The number of nitrogens with zero attached hydrogens (tertiary/aromatic N) is 5. The van der Waals surface area contributed by atoms with Crippen LogP contribution in [0.25, 0.3) is 5.57 Å². The molecule has 2 N–H and O–H groups in total. The van der Waals surface area contributed by atoms with Crippen molar-refractivity contribution in [2.75, 3.05) is 19.0 Å². The number of H-pyrrole nitrogens is 1. The van der Waals surface area contributed by atoms with E-state index in [2.05, 4.69) is 25.9 Å². The average Bonchev–Trinajstić information content (AvgIpc) is 3.40. The first-order valence-corrected chi connectivity index (χ1v) is 9.72. The van der Waals surface area contributed by atoms with Crippen LogP contribution in [0.1, 0.15) is 18.7 Å². The van der Waals surface area contributed by atoms with Crippen molar-refractivity contribution < 1.29 is 17.9 Å². The third kappa shape index (κ3) is 3.71. The van der Waals surface area contributed by atoms with E-state index in [1.165, 1.54) is 19.4 Å². The maximum atomic E-state index is 13.2. The van der Waals surface area contributed by atoms with Gasteiger partial charge in [-0.25, -0.2) is 8.42 Å². The third-order valence-electron chi connectivity index (χ3n) is 4.23. The summed E-state index contributed by atoms with van der Waals surface area (Å²) in [5.41, 5.74) is 0.309. The number of sulfonamides is 1. The zero-order valence-electron chi connectivity index (χ0n) is 14.9. The van der Waals surface area contributed by atoms with Gasteiger partial charge in [-0.15, -0.1) is 10.2 Å². The summed E-state index contributed by atoms with van der Waals surface area (Å²) in [5, 5.41) is 25.1. The summed E-state index contributed by atoms with van der Waals surface area (Å²) >= 11 is 0. The molecule has 1 fully saturated rings. The van der Waals surface area contributed by atoms with E-state index in [1.807, 2.05) is 6.07 Å². The van der Waals surface area contributed by atoms with Gasteiger partial charge >= 0.3 is 5.97 Å². The van der Waals surface area contributed by atoms with E-state index < -0.39 is 22.0 Å². The minimum Gasteiger partial charge on any atom is -0.468 e. The van der Waals surface area contributed by atoms with Gasteiger partial charge < -0.3 is 10.1 Å². The van der Waals surface area contributed by atoms with Crippen molar-refractivity contribution in [3.8, 4) is 6.07 Å². The first-order valence-electron chi connectivity index (χ1n) is 8.28. The van der Waals surface area contributed by atoms with E-state index in [0.29, 0.717) is 12.8 Å². The summed E-state index contributed by atoms with van der Waals surface area (Å²) in [7, 11) is -2.74. The molecular formula is C16H17N7O4S. The number of allylic oxidation sites excluding steroid dienone is 1. The maximum absolute atomic E-state index is 13.2. The van der Waals surface area contributed by atoms with Crippen molar-refractivity contribution in [2.24, 2.45) is 0 Å². The number of methoxy groups -OCH3 is 1. The minimum absolute atomic E-state index is 0.0209. The van der Waals surface area contributed by atoms with Crippen LogP contribution in [-0.2, 0) is 19.6 Å². The Hall–Kier alpha value is -3.30. The molecule has 1 atom stereocenters. The number of hydrogen-bond acceptors (Lipinski definition) is 9. The molecule has 2 heterocycles. The summed E-state index contributed by atoms with van der Waals surface area (Å²) in [6, 6.07) is 7.27. The lowest BCUT2D eigenvalue weighted by molar-refractivity contribution is -0.144. The molecule has 3 rings (SSSR count). The first-order chi connectivity index (χ1) is 13.5. The van der Waals surface area contributed by atoms with Gasteiger partial charge in [0.05, 0.1) is 12.8 Å². The number of ether oxygens (including phenoxy) is 1. The molecule has 1 aromatic carbocycles. The van der Waals surface area contributed by atoms with Crippen LogP contribution in [0, 0.1) is 11.3 Å². The van der Waals surface area contributed by atoms with E-state index in [1.54, 1.807) is 18.2 Å². The molecule has 1 unspecified atom stereocenters. The zero-order valence-corrected chi connectivity index (χ0v) is 15.7. The molecule has 0 spiro atoms. The highest BCUT2D eigenvalue weighted by atomic mass is 32.2. The average molecular weight is 403 g/mol. The summed E-state index contributed by atoms with van der Waals surface area (Å²) in [6.45, 7) is 0.221. The molecule has 1 aliphatic rings. The highest BCUT2D eigenvalue weighted by Gasteiger charge is 2.40. The van der Waals surface area contributed by atoms with Crippen LogP contribution in [-0.4, -0.2) is 59.0 Å². The number of aromatic amines is 1. The lowest BCUT2D eigenvalue weighted by Gasteiger charge is -2.23. The van der Waals surface area contributed by atoms with Crippen LogP contribution in [0.3, 0.4) is 0 Å². The number of rotatable bonds is 6. The van der Waals surface area contributed by atoms with Crippen molar-refractivity contribution in [3.05, 3.63) is 36.3 Å². The third-order valence-corrected chi connectivity index (χ3v) is 6.20. The molecule has 12 heteroatoms. The highest BCUT2D eigenvalue weighted by molar-refractivity contribution is 7.89. The van der Waals surface area contributed by atoms with E-state index >= 15 is 0 Å². The van der Waals surface area contributed by atoms with Gasteiger partial charge in [-0.1, -0.05) is 12.1 Å². The number of benzene rings is 1. The van der Waals surface area contributed by atoms with Gasteiger partial charge in [0.1, 0.15) is 22.6 Å². The lowest BCUT2D eigenvalue weighted by atomic mass is 10.2. The summed E-state index contributed by atoms with van der Waals surface area (Å²) < 4.78 is 32.2. The molecule has 0 aliphatic carbocycles. The molecule has 0 amide bonds. The Morgan fingerprint density at radius 2 is 2.25 bits per heavy atom. The number of aromatic nitrogens is 4. The van der Waals surface area contributed by atoms with Crippen molar-refractivity contribution in [1.29, 1.82) is 5.26 Å². The second kappa shape index (κ2) is 8.15. The van der Waals surface area contributed by atoms with Crippen molar-refractivity contribution in [2.45, 2.75) is 23.8 Å². The molecule has 1 aromatic heterocycles. The highest BCUT2D eigenvalue weighted by Crippen LogP contribution is 2.31. The molecular weight excluding hydrogens is 386 g/mol. The van der Waals surface area contributed by atoms with E-state index in [4.69, 9.17) is 4.74 Å². The molecule has 0 saturated carbocycles. The summed E-state index contributed by atoms with van der Waals surface area (Å²) in [6.07, 6.45) is 2.25. The van der Waals surface area contributed by atoms with Crippen molar-refractivity contribution >= 4 is 27.3 Å². The van der Waals surface area contributed by atoms with Gasteiger partial charge in [0.2, 0.25) is 15.8 Å². The Morgan fingerprint density at radius 1 is 1.46 bits per heavy atom. The zero-order chi connectivity index (χ0) is 20.1. The monoisotopic (exact) mass is 403 g/mol. The van der Waals surface area contributed by atoms with Crippen LogP contribution in [0.4, 0.5) is 5.69 Å². The Bertz CT molecular complexity index is 1030. The van der Waals surface area contributed by atoms with Crippen LogP contribution < -0.4 is 5.32 Å². The number of carbonyl (C=O) groups excluding carboxylic acids is 1. The SMILES string of the molecule is COC(=O)C1CCCN1S(=O)(=O)c1ccccc1NC=C(C#N)c1nn[nH]n1. The largest absolute Gasteiger partial charge is 0.468 e. The second-order valence-electron chi connectivity index (χ2n) is 5.84. The van der Waals surface area contributed by atoms with E-state index in [-0.39, 0.29) is 28.5 Å². The van der Waals surface area contributed by atoms with Crippen molar-refractivity contribution in [1.82, 2.24) is 24.9 Å². The minimum atomic E-state index is -3.97. The molecule has 0 radical (unpaired) electrons. The number of tetrazole rings is 1. The van der Waals surface area contributed by atoms with Gasteiger partial charge in [-0.2, -0.15) is 14.8 Å². The quantitative estimate of drug-likeness (QED) is 0.518. The fourth-order valence-corrected chi connectivity index (χ4v) is 4.71. The Labute approximate surface area is 161 Å². The summed E-state index contributed by atoms with van der Waals surface area (Å²) in [5.74, 6) is -0.518. The van der Waals surface area contributed by atoms with Gasteiger partial charge in [-0.05, 0) is 30.2 Å².